The van der Waals surface area contributed by atoms with E-state index in [1.807, 2.05) is 17.8 Å². The van der Waals surface area contributed by atoms with Crippen LogP contribution in [0.5, 0.6) is 5.75 Å². The van der Waals surface area contributed by atoms with Gasteiger partial charge in [-0.25, -0.2) is 9.67 Å². The van der Waals surface area contributed by atoms with E-state index in [0.29, 0.717) is 13.1 Å². The third-order valence-electron chi connectivity index (χ3n) is 6.01. The van der Waals surface area contributed by atoms with Crippen molar-refractivity contribution in [2.24, 2.45) is 4.99 Å². The molecule has 1 unspecified atom stereocenters. The zero-order chi connectivity index (χ0) is 22.9. The van der Waals surface area contributed by atoms with E-state index in [1.165, 1.54) is 29.5 Å². The van der Waals surface area contributed by atoms with Crippen LogP contribution in [0.25, 0.3) is 0 Å². The summed E-state index contributed by atoms with van der Waals surface area (Å²) in [4.78, 5) is 11.0. The van der Waals surface area contributed by atoms with Gasteiger partial charge in [0, 0.05) is 20.1 Å². The molecule has 174 valence electrons. The number of likely N-dealkylation sites (tertiary alicyclic amines) is 1. The van der Waals surface area contributed by atoms with Gasteiger partial charge in [0.1, 0.15) is 18.4 Å². The molecule has 1 atom stereocenters. The van der Waals surface area contributed by atoms with Crippen molar-refractivity contribution in [1.82, 2.24) is 30.3 Å². The quantitative estimate of drug-likeness (QED) is 0.388. The molecule has 0 radical (unpaired) electrons. The first-order valence-electron chi connectivity index (χ1n) is 11.5. The van der Waals surface area contributed by atoms with Gasteiger partial charge in [0.2, 0.25) is 0 Å². The van der Waals surface area contributed by atoms with Crippen LogP contribution in [0.2, 0.25) is 0 Å². The number of benzene rings is 2. The fraction of sp³-hybridized carbons (Fsp3) is 0.400. The summed E-state index contributed by atoms with van der Waals surface area (Å²) in [5.41, 5.74) is 3.65. The van der Waals surface area contributed by atoms with E-state index in [0.717, 1.165) is 31.3 Å². The van der Waals surface area contributed by atoms with Gasteiger partial charge < -0.3 is 15.4 Å². The molecule has 8 nitrogen and oxygen atoms in total. The number of rotatable bonds is 9. The van der Waals surface area contributed by atoms with Gasteiger partial charge in [-0.3, -0.25) is 9.89 Å². The molecule has 1 aliphatic heterocycles. The Labute approximate surface area is 195 Å². The van der Waals surface area contributed by atoms with E-state index in [-0.39, 0.29) is 6.04 Å². The Balaban J connectivity index is 1.36. The van der Waals surface area contributed by atoms with Crippen LogP contribution in [0, 0.1) is 0 Å². The Kier molecular flexibility index (Phi) is 7.92. The molecule has 0 spiro atoms. The number of nitrogens with one attached hydrogen (secondary N) is 2. The number of hydrogen-bond acceptors (Lipinski definition) is 5. The van der Waals surface area contributed by atoms with Gasteiger partial charge in [0.25, 0.3) is 0 Å². The molecule has 2 N–H and O–H groups in total. The van der Waals surface area contributed by atoms with Crippen LogP contribution in [-0.4, -0.2) is 59.4 Å². The van der Waals surface area contributed by atoms with Gasteiger partial charge in [0.05, 0.1) is 19.7 Å². The second-order valence-corrected chi connectivity index (χ2v) is 8.26. The first-order chi connectivity index (χ1) is 16.2. The molecule has 1 aliphatic rings. The SMILES string of the molecule is CN=C(NCc1cccc(Cn2cncn2)c1)NCC(c1cccc(OC)c1)N1CCCC1. The van der Waals surface area contributed by atoms with Crippen LogP contribution in [-0.2, 0) is 13.1 Å². The van der Waals surface area contributed by atoms with Crippen molar-refractivity contribution in [3.05, 3.63) is 77.9 Å². The molecule has 0 aliphatic carbocycles. The minimum absolute atomic E-state index is 0.271. The second kappa shape index (κ2) is 11.5. The normalized spacial score (nSPS) is 15.4. The van der Waals surface area contributed by atoms with Crippen molar-refractivity contribution in [3.8, 4) is 5.75 Å². The summed E-state index contributed by atoms with van der Waals surface area (Å²) in [5.74, 6) is 1.69. The average molecular weight is 448 g/mol. The molecule has 8 heteroatoms. The minimum Gasteiger partial charge on any atom is -0.497 e. The third-order valence-corrected chi connectivity index (χ3v) is 6.01. The Morgan fingerprint density at radius 2 is 1.91 bits per heavy atom. The number of methoxy groups -OCH3 is 1. The molecular weight excluding hydrogens is 414 g/mol. The maximum absolute atomic E-state index is 5.46. The average Bonchev–Trinajstić information content (AvgIpc) is 3.56. The summed E-state index contributed by atoms with van der Waals surface area (Å²) in [6.07, 6.45) is 5.79. The van der Waals surface area contributed by atoms with E-state index < -0.39 is 0 Å². The molecular formula is C25H33N7O. The smallest absolute Gasteiger partial charge is 0.191 e. The summed E-state index contributed by atoms with van der Waals surface area (Å²) < 4.78 is 7.28. The largest absolute Gasteiger partial charge is 0.497 e. The molecule has 33 heavy (non-hydrogen) atoms. The lowest BCUT2D eigenvalue weighted by Crippen LogP contribution is -2.42. The molecule has 4 rings (SSSR count). The van der Waals surface area contributed by atoms with E-state index in [1.54, 1.807) is 19.8 Å². The first-order valence-corrected chi connectivity index (χ1v) is 11.5. The lowest BCUT2D eigenvalue weighted by Gasteiger charge is -2.29. The number of nitrogens with zero attached hydrogens (tertiary/aromatic N) is 5. The molecule has 1 fully saturated rings. The summed E-state index contributed by atoms with van der Waals surface area (Å²) in [7, 11) is 3.53. The van der Waals surface area contributed by atoms with Crippen LogP contribution in [0.4, 0.5) is 0 Å². The standard InChI is InChI=1S/C25H33N7O/c1-26-25(28-15-20-7-5-8-21(13-20)17-32-19-27-18-30-32)29-16-24(31-11-3-4-12-31)22-9-6-10-23(14-22)33-2/h5-10,13-14,18-19,24H,3-4,11-12,15-17H2,1-2H3,(H2,26,28,29). The number of guanidine groups is 1. The minimum atomic E-state index is 0.271. The highest BCUT2D eigenvalue weighted by molar-refractivity contribution is 5.79. The summed E-state index contributed by atoms with van der Waals surface area (Å²) in [6.45, 7) is 4.42. The first kappa shape index (κ1) is 22.8. The van der Waals surface area contributed by atoms with Crippen molar-refractivity contribution in [3.63, 3.8) is 0 Å². The van der Waals surface area contributed by atoms with Crippen LogP contribution in [0.1, 0.15) is 35.6 Å². The molecule has 0 bridgehead atoms. The van der Waals surface area contributed by atoms with Gasteiger partial charge in [0.15, 0.2) is 5.96 Å². The van der Waals surface area contributed by atoms with Crippen molar-refractivity contribution in [2.45, 2.75) is 32.0 Å². The third kappa shape index (κ3) is 6.32. The molecule has 2 aromatic carbocycles. The Bertz CT molecular complexity index is 1030. The van der Waals surface area contributed by atoms with Crippen LogP contribution >= 0.6 is 0 Å². The Morgan fingerprint density at radius 1 is 1.09 bits per heavy atom. The number of aromatic nitrogens is 3. The number of aliphatic imine (C=N–C) groups is 1. The van der Waals surface area contributed by atoms with E-state index in [4.69, 9.17) is 4.74 Å². The summed E-state index contributed by atoms with van der Waals surface area (Å²) in [6, 6.07) is 17.1. The lowest BCUT2D eigenvalue weighted by atomic mass is 10.1. The summed E-state index contributed by atoms with van der Waals surface area (Å²) in [5, 5.41) is 11.2. The molecule has 3 aromatic rings. The van der Waals surface area contributed by atoms with Gasteiger partial charge in [-0.2, -0.15) is 5.10 Å². The van der Waals surface area contributed by atoms with Gasteiger partial charge in [-0.05, 0) is 54.8 Å². The van der Waals surface area contributed by atoms with Crippen LogP contribution in [0.3, 0.4) is 0 Å². The molecule has 2 heterocycles. The van der Waals surface area contributed by atoms with E-state index in [9.17, 15) is 0 Å². The monoisotopic (exact) mass is 447 g/mol. The van der Waals surface area contributed by atoms with Crippen molar-refractivity contribution in [1.29, 1.82) is 0 Å². The van der Waals surface area contributed by atoms with Gasteiger partial charge in [-0.15, -0.1) is 0 Å². The fourth-order valence-electron chi connectivity index (χ4n) is 4.30. The van der Waals surface area contributed by atoms with E-state index >= 15 is 0 Å². The highest BCUT2D eigenvalue weighted by Gasteiger charge is 2.24. The lowest BCUT2D eigenvalue weighted by molar-refractivity contribution is 0.245. The Morgan fingerprint density at radius 3 is 2.67 bits per heavy atom. The van der Waals surface area contributed by atoms with Crippen LogP contribution in [0.15, 0.2) is 66.2 Å². The zero-order valence-corrected chi connectivity index (χ0v) is 19.4. The molecule has 1 aromatic heterocycles. The number of ether oxygens (including phenoxy) is 1. The maximum atomic E-state index is 5.46. The van der Waals surface area contributed by atoms with Crippen molar-refractivity contribution in [2.75, 3.05) is 33.8 Å². The van der Waals surface area contributed by atoms with Crippen molar-refractivity contribution < 1.29 is 4.74 Å². The second-order valence-electron chi connectivity index (χ2n) is 8.26. The van der Waals surface area contributed by atoms with Gasteiger partial charge >= 0.3 is 0 Å². The number of hydrogen-bond donors (Lipinski definition) is 2. The van der Waals surface area contributed by atoms with E-state index in [2.05, 4.69) is 73.1 Å². The molecule has 1 saturated heterocycles. The Hall–Kier alpha value is -3.39. The van der Waals surface area contributed by atoms with Crippen LogP contribution < -0.4 is 15.4 Å². The predicted octanol–water partition coefficient (Wildman–Crippen LogP) is 2.84. The summed E-state index contributed by atoms with van der Waals surface area (Å²) >= 11 is 0. The highest BCUT2D eigenvalue weighted by Crippen LogP contribution is 2.27. The van der Waals surface area contributed by atoms with Gasteiger partial charge in [-0.1, -0.05) is 36.4 Å². The fourth-order valence-corrected chi connectivity index (χ4v) is 4.30. The highest BCUT2D eigenvalue weighted by atomic mass is 16.5. The zero-order valence-electron chi connectivity index (χ0n) is 19.4. The maximum Gasteiger partial charge on any atom is 0.191 e. The molecule has 0 amide bonds. The molecule has 0 saturated carbocycles. The van der Waals surface area contributed by atoms with Crippen molar-refractivity contribution >= 4 is 5.96 Å². The topological polar surface area (TPSA) is 79.6 Å². The predicted molar refractivity (Wildman–Crippen MR) is 130 cm³/mol.